The quantitative estimate of drug-likeness (QED) is 0.916. The Hall–Kier alpha value is -0.910. The van der Waals surface area contributed by atoms with Crippen molar-refractivity contribution in [2.75, 3.05) is 20.1 Å². The lowest BCUT2D eigenvalue weighted by molar-refractivity contribution is 0.375. The first-order valence-electron chi connectivity index (χ1n) is 6.59. The molecule has 1 aromatic carbocycles. The average Bonchev–Trinajstić information content (AvgIpc) is 2.71. The van der Waals surface area contributed by atoms with E-state index in [0.717, 1.165) is 18.5 Å². The SMILES string of the molecule is CNCc1ccc(S(=O)(=O)N2CCC(C)(C)C2)cc1. The first-order chi connectivity index (χ1) is 8.85. The molecule has 0 radical (unpaired) electrons. The molecule has 0 aliphatic carbocycles. The lowest BCUT2D eigenvalue weighted by Crippen LogP contribution is -2.30. The zero-order valence-electron chi connectivity index (χ0n) is 11.8. The molecular weight excluding hydrogens is 260 g/mol. The largest absolute Gasteiger partial charge is 0.316 e. The second kappa shape index (κ2) is 5.23. The van der Waals surface area contributed by atoms with Crippen molar-refractivity contribution in [3.05, 3.63) is 29.8 Å². The lowest BCUT2D eigenvalue weighted by Gasteiger charge is -2.19. The zero-order chi connectivity index (χ0) is 14.1. The molecule has 5 heteroatoms. The second-order valence-electron chi connectivity index (χ2n) is 5.93. The van der Waals surface area contributed by atoms with Gasteiger partial charge in [0.25, 0.3) is 0 Å². The van der Waals surface area contributed by atoms with Crippen molar-refractivity contribution in [1.82, 2.24) is 9.62 Å². The van der Waals surface area contributed by atoms with Gasteiger partial charge in [-0.25, -0.2) is 8.42 Å². The molecule has 1 saturated heterocycles. The minimum atomic E-state index is -3.33. The van der Waals surface area contributed by atoms with Gasteiger partial charge in [0.15, 0.2) is 0 Å². The van der Waals surface area contributed by atoms with Gasteiger partial charge in [0, 0.05) is 19.6 Å². The fraction of sp³-hybridized carbons (Fsp3) is 0.571. The van der Waals surface area contributed by atoms with Crippen LogP contribution >= 0.6 is 0 Å². The summed E-state index contributed by atoms with van der Waals surface area (Å²) in [7, 11) is -1.46. The molecule has 0 saturated carbocycles. The van der Waals surface area contributed by atoms with Gasteiger partial charge in [-0.15, -0.1) is 0 Å². The standard InChI is InChI=1S/C14H22N2O2S/c1-14(2)8-9-16(11-14)19(17,18)13-6-4-12(5-7-13)10-15-3/h4-7,15H,8-11H2,1-3H3. The van der Waals surface area contributed by atoms with Gasteiger partial charge >= 0.3 is 0 Å². The maximum absolute atomic E-state index is 12.5. The summed E-state index contributed by atoms with van der Waals surface area (Å²) in [5.41, 5.74) is 1.17. The van der Waals surface area contributed by atoms with Crippen LogP contribution in [0.5, 0.6) is 0 Å². The summed E-state index contributed by atoms with van der Waals surface area (Å²) in [4.78, 5) is 0.394. The van der Waals surface area contributed by atoms with Crippen molar-refractivity contribution in [2.24, 2.45) is 5.41 Å². The first kappa shape index (κ1) is 14.5. The Morgan fingerprint density at radius 1 is 1.26 bits per heavy atom. The molecule has 1 aromatic rings. The van der Waals surface area contributed by atoms with E-state index in [1.807, 2.05) is 19.2 Å². The van der Waals surface area contributed by atoms with E-state index in [9.17, 15) is 8.42 Å². The summed E-state index contributed by atoms with van der Waals surface area (Å²) in [5, 5.41) is 3.05. The van der Waals surface area contributed by atoms with E-state index < -0.39 is 10.0 Å². The summed E-state index contributed by atoms with van der Waals surface area (Å²) in [6.07, 6.45) is 0.921. The topological polar surface area (TPSA) is 49.4 Å². The smallest absolute Gasteiger partial charge is 0.243 e. The van der Waals surface area contributed by atoms with Crippen LogP contribution in [0, 0.1) is 5.41 Å². The molecule has 0 spiro atoms. The zero-order valence-corrected chi connectivity index (χ0v) is 12.6. The van der Waals surface area contributed by atoms with Crippen LogP contribution in [0.2, 0.25) is 0 Å². The molecule has 0 atom stereocenters. The summed E-state index contributed by atoms with van der Waals surface area (Å²) < 4.78 is 26.6. The van der Waals surface area contributed by atoms with Crippen LogP contribution in [-0.2, 0) is 16.6 Å². The summed E-state index contributed by atoms with van der Waals surface area (Å²) in [6.45, 7) is 6.19. The third kappa shape index (κ3) is 3.16. The number of sulfonamides is 1. The van der Waals surface area contributed by atoms with E-state index in [2.05, 4.69) is 19.2 Å². The van der Waals surface area contributed by atoms with Crippen LogP contribution in [0.1, 0.15) is 25.8 Å². The van der Waals surface area contributed by atoms with Gasteiger partial charge in [-0.3, -0.25) is 0 Å². The van der Waals surface area contributed by atoms with E-state index in [0.29, 0.717) is 18.0 Å². The van der Waals surface area contributed by atoms with Crippen LogP contribution in [0.3, 0.4) is 0 Å². The number of rotatable bonds is 4. The van der Waals surface area contributed by atoms with Gasteiger partial charge in [-0.2, -0.15) is 4.31 Å². The molecule has 0 amide bonds. The van der Waals surface area contributed by atoms with E-state index in [1.165, 1.54) is 0 Å². The molecule has 1 fully saturated rings. The fourth-order valence-electron chi connectivity index (χ4n) is 2.40. The highest BCUT2D eigenvalue weighted by atomic mass is 32.2. The van der Waals surface area contributed by atoms with Crippen molar-refractivity contribution < 1.29 is 8.42 Å². The van der Waals surface area contributed by atoms with Crippen molar-refractivity contribution in [2.45, 2.75) is 31.7 Å². The molecule has 0 unspecified atom stereocenters. The first-order valence-corrected chi connectivity index (χ1v) is 8.03. The minimum absolute atomic E-state index is 0.0825. The molecule has 0 aromatic heterocycles. The number of benzene rings is 1. The van der Waals surface area contributed by atoms with E-state index in [-0.39, 0.29) is 5.41 Å². The molecule has 0 bridgehead atoms. The number of nitrogens with zero attached hydrogens (tertiary/aromatic N) is 1. The Kier molecular flexibility index (Phi) is 3.99. The van der Waals surface area contributed by atoms with Crippen molar-refractivity contribution in [1.29, 1.82) is 0 Å². The van der Waals surface area contributed by atoms with Gasteiger partial charge in [-0.1, -0.05) is 26.0 Å². The predicted octanol–water partition coefficient (Wildman–Crippen LogP) is 1.83. The lowest BCUT2D eigenvalue weighted by atomic mass is 9.93. The maximum Gasteiger partial charge on any atom is 0.243 e. The van der Waals surface area contributed by atoms with Gasteiger partial charge in [0.2, 0.25) is 10.0 Å². The van der Waals surface area contributed by atoms with E-state index in [1.54, 1.807) is 16.4 Å². The molecule has 19 heavy (non-hydrogen) atoms. The normalized spacial score (nSPS) is 19.7. The summed E-state index contributed by atoms with van der Waals surface area (Å²) in [5.74, 6) is 0. The minimum Gasteiger partial charge on any atom is -0.316 e. The Labute approximate surface area is 115 Å². The van der Waals surface area contributed by atoms with E-state index >= 15 is 0 Å². The second-order valence-corrected chi connectivity index (χ2v) is 7.87. The molecule has 1 aliphatic heterocycles. The predicted molar refractivity (Wildman–Crippen MR) is 76.4 cm³/mol. The Balaban J connectivity index is 2.20. The Morgan fingerprint density at radius 2 is 1.89 bits per heavy atom. The number of hydrogen-bond acceptors (Lipinski definition) is 3. The van der Waals surface area contributed by atoms with Crippen LogP contribution in [0.4, 0.5) is 0 Å². The molecular formula is C14H22N2O2S. The monoisotopic (exact) mass is 282 g/mol. The summed E-state index contributed by atoms with van der Waals surface area (Å²) in [6, 6.07) is 7.13. The summed E-state index contributed by atoms with van der Waals surface area (Å²) >= 11 is 0. The molecule has 1 heterocycles. The third-order valence-corrected chi connectivity index (χ3v) is 5.44. The van der Waals surface area contributed by atoms with Crippen molar-refractivity contribution >= 4 is 10.0 Å². The molecule has 4 nitrogen and oxygen atoms in total. The highest BCUT2D eigenvalue weighted by Gasteiger charge is 2.36. The van der Waals surface area contributed by atoms with Gasteiger partial charge in [0.1, 0.15) is 0 Å². The van der Waals surface area contributed by atoms with Gasteiger partial charge < -0.3 is 5.32 Å². The Bertz CT molecular complexity index is 535. The Morgan fingerprint density at radius 3 is 2.37 bits per heavy atom. The van der Waals surface area contributed by atoms with Crippen molar-refractivity contribution in [3.8, 4) is 0 Å². The van der Waals surface area contributed by atoms with Gasteiger partial charge in [-0.05, 0) is 36.6 Å². The highest BCUT2D eigenvalue weighted by molar-refractivity contribution is 7.89. The third-order valence-electron chi connectivity index (χ3n) is 3.58. The highest BCUT2D eigenvalue weighted by Crippen LogP contribution is 2.32. The van der Waals surface area contributed by atoms with Crippen LogP contribution in [0.15, 0.2) is 29.2 Å². The van der Waals surface area contributed by atoms with E-state index in [4.69, 9.17) is 0 Å². The van der Waals surface area contributed by atoms with Gasteiger partial charge in [0.05, 0.1) is 4.90 Å². The molecule has 1 aliphatic rings. The van der Waals surface area contributed by atoms with Crippen LogP contribution < -0.4 is 5.32 Å². The maximum atomic E-state index is 12.5. The van der Waals surface area contributed by atoms with Crippen molar-refractivity contribution in [3.63, 3.8) is 0 Å². The fourth-order valence-corrected chi connectivity index (χ4v) is 4.03. The number of nitrogens with one attached hydrogen (secondary N) is 1. The van der Waals surface area contributed by atoms with Crippen LogP contribution in [0.25, 0.3) is 0 Å². The number of hydrogen-bond donors (Lipinski definition) is 1. The van der Waals surface area contributed by atoms with Crippen LogP contribution in [-0.4, -0.2) is 32.9 Å². The molecule has 2 rings (SSSR count). The molecule has 1 N–H and O–H groups in total. The molecule has 106 valence electrons. The average molecular weight is 282 g/mol.